The van der Waals surface area contributed by atoms with Gasteiger partial charge in [-0.2, -0.15) is 0 Å². The number of hydrogen-bond acceptors (Lipinski definition) is 4. The van der Waals surface area contributed by atoms with Crippen LogP contribution in [0.1, 0.15) is 24.0 Å². The van der Waals surface area contributed by atoms with Crippen LogP contribution < -0.4 is 4.74 Å². The molecule has 1 aromatic carbocycles. The summed E-state index contributed by atoms with van der Waals surface area (Å²) >= 11 is 0. The molecule has 0 aliphatic heterocycles. The number of aliphatic hydroxyl groups is 1. The van der Waals surface area contributed by atoms with E-state index in [4.69, 9.17) is 4.74 Å². The molecule has 138 valence electrons. The van der Waals surface area contributed by atoms with Crippen LogP contribution in [0.15, 0.2) is 49.4 Å². The molecule has 0 atom stereocenters. The highest BCUT2D eigenvalue weighted by Crippen LogP contribution is 2.38. The molecule has 1 aliphatic carbocycles. The molecule has 2 aromatic heterocycles. The van der Waals surface area contributed by atoms with Crippen molar-refractivity contribution in [3.05, 3.63) is 60.6 Å². The number of aromatic nitrogens is 3. The summed E-state index contributed by atoms with van der Waals surface area (Å²) in [5.74, 6) is 1.50. The smallest absolute Gasteiger partial charge is 0.129 e. The molecule has 5 heteroatoms. The van der Waals surface area contributed by atoms with Crippen molar-refractivity contribution >= 4 is 6.08 Å². The summed E-state index contributed by atoms with van der Waals surface area (Å²) < 4.78 is 8.15. The molecule has 0 amide bonds. The molecule has 0 bridgehead atoms. The first kappa shape index (κ1) is 17.5. The molecule has 0 unspecified atom stereocenters. The quantitative estimate of drug-likeness (QED) is 0.689. The third-order valence-electron chi connectivity index (χ3n) is 4.85. The third-order valence-corrected chi connectivity index (χ3v) is 4.85. The maximum atomic E-state index is 9.45. The Balaban J connectivity index is 1.80. The van der Waals surface area contributed by atoms with Crippen molar-refractivity contribution in [3.63, 3.8) is 0 Å². The summed E-state index contributed by atoms with van der Waals surface area (Å²) in [6, 6.07) is 9.78. The number of ether oxygens (including phenoxy) is 1. The average Bonchev–Trinajstić information content (AvgIpc) is 3.46. The first-order valence-electron chi connectivity index (χ1n) is 9.16. The van der Waals surface area contributed by atoms with Crippen molar-refractivity contribution in [1.82, 2.24) is 14.5 Å². The van der Waals surface area contributed by atoms with E-state index in [0.29, 0.717) is 5.92 Å². The Hall–Kier alpha value is -2.92. The van der Waals surface area contributed by atoms with Gasteiger partial charge in [-0.3, -0.25) is 4.98 Å². The molecule has 3 aromatic rings. The molecule has 0 spiro atoms. The van der Waals surface area contributed by atoms with E-state index < -0.39 is 0 Å². The molecule has 1 N–H and O–H groups in total. The number of aliphatic hydroxyl groups excluding tert-OH is 1. The molecule has 2 heterocycles. The second-order valence-corrected chi connectivity index (χ2v) is 6.97. The number of nitrogens with zero attached hydrogens (tertiary/aromatic N) is 3. The van der Waals surface area contributed by atoms with E-state index in [1.165, 1.54) is 12.8 Å². The zero-order valence-corrected chi connectivity index (χ0v) is 15.4. The van der Waals surface area contributed by atoms with Gasteiger partial charge in [0.1, 0.15) is 11.4 Å². The van der Waals surface area contributed by atoms with Gasteiger partial charge in [0, 0.05) is 18.8 Å². The fourth-order valence-electron chi connectivity index (χ4n) is 3.11. The van der Waals surface area contributed by atoms with Crippen molar-refractivity contribution in [1.29, 1.82) is 0 Å². The summed E-state index contributed by atoms with van der Waals surface area (Å²) in [6.45, 7) is 4.58. The van der Waals surface area contributed by atoms with E-state index in [9.17, 15) is 5.11 Å². The predicted molar refractivity (Wildman–Crippen MR) is 106 cm³/mol. The van der Waals surface area contributed by atoms with Crippen molar-refractivity contribution < 1.29 is 9.84 Å². The number of imidazole rings is 1. The second kappa shape index (κ2) is 7.37. The lowest BCUT2D eigenvalue weighted by Gasteiger charge is -2.14. The minimum atomic E-state index is -0.0263. The van der Waals surface area contributed by atoms with E-state index in [-0.39, 0.29) is 6.61 Å². The SMILES string of the molecule is C=Cc1ccc(-c2c(-c3cc(CO)ccn3)ncn2C)c(OCC2CC2)c1. The lowest BCUT2D eigenvalue weighted by molar-refractivity contribution is 0.282. The van der Waals surface area contributed by atoms with E-state index >= 15 is 0 Å². The minimum absolute atomic E-state index is 0.0263. The molecule has 4 rings (SSSR count). The van der Waals surface area contributed by atoms with Crippen LogP contribution in [0.25, 0.3) is 28.7 Å². The van der Waals surface area contributed by atoms with Gasteiger partial charge in [0.25, 0.3) is 0 Å². The maximum absolute atomic E-state index is 9.45. The van der Waals surface area contributed by atoms with Gasteiger partial charge < -0.3 is 14.4 Å². The lowest BCUT2D eigenvalue weighted by atomic mass is 10.0. The standard InChI is InChI=1S/C22H23N3O2/c1-3-15-6-7-18(20(11-15)27-13-16-4-5-16)22-21(24-14-25(22)2)19-10-17(12-26)8-9-23-19/h3,6-11,14,16,26H,1,4-5,12-13H2,2H3. The third kappa shape index (κ3) is 3.64. The predicted octanol–water partition coefficient (Wildman–Crippen LogP) is 4.07. The van der Waals surface area contributed by atoms with Crippen molar-refractivity contribution in [2.75, 3.05) is 6.61 Å². The highest BCUT2D eigenvalue weighted by atomic mass is 16.5. The Kier molecular flexibility index (Phi) is 4.77. The Labute approximate surface area is 159 Å². The van der Waals surface area contributed by atoms with Crippen molar-refractivity contribution in [2.45, 2.75) is 19.4 Å². The highest BCUT2D eigenvalue weighted by molar-refractivity contribution is 5.81. The number of benzene rings is 1. The first-order valence-corrected chi connectivity index (χ1v) is 9.16. The van der Waals surface area contributed by atoms with E-state index in [2.05, 4.69) is 22.6 Å². The molecule has 5 nitrogen and oxygen atoms in total. The van der Waals surface area contributed by atoms with Crippen LogP contribution in [0.3, 0.4) is 0 Å². The fraction of sp³-hybridized carbons (Fsp3) is 0.273. The topological polar surface area (TPSA) is 60.2 Å². The normalized spacial score (nSPS) is 13.6. The van der Waals surface area contributed by atoms with Crippen LogP contribution in [0.5, 0.6) is 5.75 Å². The fourth-order valence-corrected chi connectivity index (χ4v) is 3.11. The van der Waals surface area contributed by atoms with Crippen molar-refractivity contribution in [3.8, 4) is 28.4 Å². The lowest BCUT2D eigenvalue weighted by Crippen LogP contribution is -2.02. The highest BCUT2D eigenvalue weighted by Gasteiger charge is 2.24. The Bertz CT molecular complexity index is 973. The number of pyridine rings is 1. The monoisotopic (exact) mass is 361 g/mol. The van der Waals surface area contributed by atoms with Crippen LogP contribution in [0.4, 0.5) is 0 Å². The van der Waals surface area contributed by atoms with Gasteiger partial charge in [-0.25, -0.2) is 4.98 Å². The number of hydrogen-bond donors (Lipinski definition) is 1. The zero-order chi connectivity index (χ0) is 18.8. The van der Waals surface area contributed by atoms with Crippen LogP contribution in [0, 0.1) is 5.92 Å². The van der Waals surface area contributed by atoms with E-state index in [1.54, 1.807) is 18.6 Å². The van der Waals surface area contributed by atoms with Crippen LogP contribution in [-0.4, -0.2) is 26.2 Å². The summed E-state index contributed by atoms with van der Waals surface area (Å²) in [6.07, 6.45) is 7.79. The molecule has 0 radical (unpaired) electrons. The van der Waals surface area contributed by atoms with Crippen LogP contribution in [-0.2, 0) is 13.7 Å². The molecule has 0 saturated heterocycles. The van der Waals surface area contributed by atoms with Crippen molar-refractivity contribution in [2.24, 2.45) is 13.0 Å². The largest absolute Gasteiger partial charge is 0.493 e. The summed E-state index contributed by atoms with van der Waals surface area (Å²) in [5, 5.41) is 9.45. The average molecular weight is 361 g/mol. The second-order valence-electron chi connectivity index (χ2n) is 6.97. The maximum Gasteiger partial charge on any atom is 0.129 e. The zero-order valence-electron chi connectivity index (χ0n) is 15.4. The summed E-state index contributed by atoms with van der Waals surface area (Å²) in [4.78, 5) is 9.03. The number of rotatable bonds is 7. The van der Waals surface area contributed by atoms with Gasteiger partial charge in [-0.15, -0.1) is 0 Å². The van der Waals surface area contributed by atoms with Gasteiger partial charge in [-0.05, 0) is 54.2 Å². The Morgan fingerprint density at radius 3 is 2.85 bits per heavy atom. The van der Waals surface area contributed by atoms with Gasteiger partial charge in [0.15, 0.2) is 0 Å². The van der Waals surface area contributed by atoms with E-state index in [0.717, 1.165) is 46.1 Å². The van der Waals surface area contributed by atoms with Gasteiger partial charge in [0.05, 0.1) is 30.9 Å². The molecule has 27 heavy (non-hydrogen) atoms. The van der Waals surface area contributed by atoms with Gasteiger partial charge in [-0.1, -0.05) is 18.7 Å². The first-order chi connectivity index (χ1) is 13.2. The van der Waals surface area contributed by atoms with E-state index in [1.807, 2.05) is 35.9 Å². The molecule has 1 aliphatic rings. The molecule has 1 fully saturated rings. The summed E-state index contributed by atoms with van der Waals surface area (Å²) in [5.41, 5.74) is 5.26. The van der Waals surface area contributed by atoms with Gasteiger partial charge >= 0.3 is 0 Å². The summed E-state index contributed by atoms with van der Waals surface area (Å²) in [7, 11) is 1.97. The molecular weight excluding hydrogens is 338 g/mol. The van der Waals surface area contributed by atoms with Gasteiger partial charge in [0.2, 0.25) is 0 Å². The minimum Gasteiger partial charge on any atom is -0.493 e. The van der Waals surface area contributed by atoms with Crippen LogP contribution in [0.2, 0.25) is 0 Å². The van der Waals surface area contributed by atoms with Crippen LogP contribution >= 0.6 is 0 Å². The number of aryl methyl sites for hydroxylation is 1. The Morgan fingerprint density at radius 1 is 1.26 bits per heavy atom. The molecular formula is C22H23N3O2. The molecule has 1 saturated carbocycles. The Morgan fingerprint density at radius 2 is 2.11 bits per heavy atom.